The lowest BCUT2D eigenvalue weighted by molar-refractivity contribution is 0.176. The van der Waals surface area contributed by atoms with Crippen molar-refractivity contribution in [3.63, 3.8) is 0 Å². The Kier molecular flexibility index (Phi) is 6.65. The van der Waals surface area contributed by atoms with Gasteiger partial charge in [0.05, 0.1) is 6.61 Å². The van der Waals surface area contributed by atoms with Gasteiger partial charge in [-0.3, -0.25) is 0 Å². The fourth-order valence-electron chi connectivity index (χ4n) is 1.95. The molecular weight excluding hydrogens is 194 g/mol. The quantitative estimate of drug-likeness (QED) is 0.706. The van der Waals surface area contributed by atoms with Crippen molar-refractivity contribution in [2.45, 2.75) is 32.2 Å². The van der Waals surface area contributed by atoms with Crippen LogP contribution in [0.4, 0.5) is 0 Å². The van der Waals surface area contributed by atoms with E-state index in [0.29, 0.717) is 6.04 Å². The average molecular weight is 217 g/mol. The molecule has 14 heavy (non-hydrogen) atoms. The second kappa shape index (κ2) is 7.55. The van der Waals surface area contributed by atoms with E-state index in [1.54, 1.807) is 0 Å². The largest absolute Gasteiger partial charge is 0.381 e. The van der Waals surface area contributed by atoms with Crippen molar-refractivity contribution in [1.29, 1.82) is 0 Å². The van der Waals surface area contributed by atoms with Crippen LogP contribution in [-0.2, 0) is 4.74 Å². The first kappa shape index (κ1) is 12.3. The van der Waals surface area contributed by atoms with E-state index >= 15 is 0 Å². The van der Waals surface area contributed by atoms with E-state index < -0.39 is 0 Å². The third kappa shape index (κ3) is 4.20. The minimum absolute atomic E-state index is 0.685. The van der Waals surface area contributed by atoms with E-state index in [-0.39, 0.29) is 0 Å². The molecule has 0 bridgehead atoms. The SMILES string of the molecule is CCCNC(CCSC)C1CCOC1. The van der Waals surface area contributed by atoms with E-state index in [4.69, 9.17) is 4.74 Å². The van der Waals surface area contributed by atoms with Crippen LogP contribution in [0.1, 0.15) is 26.2 Å². The fraction of sp³-hybridized carbons (Fsp3) is 1.00. The van der Waals surface area contributed by atoms with Crippen LogP contribution in [0.3, 0.4) is 0 Å². The van der Waals surface area contributed by atoms with Crippen LogP contribution in [-0.4, -0.2) is 37.8 Å². The zero-order valence-corrected chi connectivity index (χ0v) is 10.2. The van der Waals surface area contributed by atoms with Crippen LogP contribution >= 0.6 is 11.8 Å². The van der Waals surface area contributed by atoms with E-state index in [1.165, 1.54) is 25.0 Å². The molecule has 0 aromatic heterocycles. The van der Waals surface area contributed by atoms with Gasteiger partial charge in [0.2, 0.25) is 0 Å². The predicted octanol–water partition coefficient (Wildman–Crippen LogP) is 2.14. The molecule has 2 unspecified atom stereocenters. The first-order chi connectivity index (χ1) is 6.88. The van der Waals surface area contributed by atoms with Crippen LogP contribution in [0.5, 0.6) is 0 Å². The zero-order valence-electron chi connectivity index (χ0n) is 9.42. The molecule has 0 amide bonds. The van der Waals surface area contributed by atoms with Crippen LogP contribution in [0, 0.1) is 5.92 Å². The molecule has 0 saturated carbocycles. The Hall–Kier alpha value is 0.270. The summed E-state index contributed by atoms with van der Waals surface area (Å²) >= 11 is 1.94. The molecule has 1 N–H and O–H groups in total. The average Bonchev–Trinajstić information content (AvgIpc) is 2.71. The molecule has 84 valence electrons. The van der Waals surface area contributed by atoms with Crippen molar-refractivity contribution < 1.29 is 4.74 Å². The highest BCUT2D eigenvalue weighted by Crippen LogP contribution is 2.20. The van der Waals surface area contributed by atoms with Gasteiger partial charge in [-0.1, -0.05) is 6.92 Å². The molecule has 3 heteroatoms. The summed E-state index contributed by atoms with van der Waals surface area (Å²) in [6, 6.07) is 0.685. The van der Waals surface area contributed by atoms with Crippen molar-refractivity contribution in [3.05, 3.63) is 0 Å². The van der Waals surface area contributed by atoms with Gasteiger partial charge in [0.15, 0.2) is 0 Å². The van der Waals surface area contributed by atoms with Crippen molar-refractivity contribution in [3.8, 4) is 0 Å². The van der Waals surface area contributed by atoms with Gasteiger partial charge >= 0.3 is 0 Å². The third-order valence-electron chi connectivity index (χ3n) is 2.82. The highest BCUT2D eigenvalue weighted by Gasteiger charge is 2.24. The number of ether oxygens (including phenoxy) is 1. The molecular formula is C11H23NOS. The molecule has 1 saturated heterocycles. The highest BCUT2D eigenvalue weighted by molar-refractivity contribution is 7.98. The maximum Gasteiger partial charge on any atom is 0.0510 e. The molecule has 1 rings (SSSR count). The lowest BCUT2D eigenvalue weighted by Crippen LogP contribution is -2.37. The molecule has 0 spiro atoms. The van der Waals surface area contributed by atoms with Crippen molar-refractivity contribution in [2.75, 3.05) is 31.8 Å². The number of rotatable bonds is 7. The van der Waals surface area contributed by atoms with Crippen LogP contribution in [0.2, 0.25) is 0 Å². The van der Waals surface area contributed by atoms with Gasteiger partial charge in [-0.05, 0) is 43.7 Å². The first-order valence-corrected chi connectivity index (χ1v) is 7.08. The summed E-state index contributed by atoms with van der Waals surface area (Å²) in [7, 11) is 0. The van der Waals surface area contributed by atoms with E-state index in [0.717, 1.165) is 25.7 Å². The Labute approximate surface area is 92.2 Å². The van der Waals surface area contributed by atoms with E-state index in [2.05, 4.69) is 18.5 Å². The summed E-state index contributed by atoms with van der Waals surface area (Å²) in [6.45, 7) is 5.31. The van der Waals surface area contributed by atoms with Crippen molar-refractivity contribution in [2.24, 2.45) is 5.92 Å². The Balaban J connectivity index is 2.26. The van der Waals surface area contributed by atoms with Crippen molar-refractivity contribution >= 4 is 11.8 Å². The Morgan fingerprint density at radius 1 is 1.57 bits per heavy atom. The first-order valence-electron chi connectivity index (χ1n) is 5.68. The summed E-state index contributed by atoms with van der Waals surface area (Å²) in [5, 5.41) is 3.65. The Morgan fingerprint density at radius 2 is 2.43 bits per heavy atom. The Bertz CT molecular complexity index is 129. The summed E-state index contributed by atoms with van der Waals surface area (Å²) in [5.74, 6) is 2.02. The van der Waals surface area contributed by atoms with Gasteiger partial charge < -0.3 is 10.1 Å². The number of hydrogen-bond donors (Lipinski definition) is 1. The van der Waals surface area contributed by atoms with Gasteiger partial charge in [0.1, 0.15) is 0 Å². The fourth-order valence-corrected chi connectivity index (χ4v) is 2.44. The highest BCUT2D eigenvalue weighted by atomic mass is 32.2. The van der Waals surface area contributed by atoms with Crippen LogP contribution < -0.4 is 5.32 Å². The van der Waals surface area contributed by atoms with Crippen LogP contribution in [0.15, 0.2) is 0 Å². The monoisotopic (exact) mass is 217 g/mol. The maximum atomic E-state index is 5.45. The van der Waals surface area contributed by atoms with Gasteiger partial charge in [0, 0.05) is 12.6 Å². The van der Waals surface area contributed by atoms with Gasteiger partial charge in [-0.15, -0.1) is 0 Å². The zero-order chi connectivity index (χ0) is 10.2. The molecule has 1 heterocycles. The lowest BCUT2D eigenvalue weighted by Gasteiger charge is -2.23. The van der Waals surface area contributed by atoms with Crippen molar-refractivity contribution in [1.82, 2.24) is 5.32 Å². The maximum absolute atomic E-state index is 5.45. The second-order valence-electron chi connectivity index (χ2n) is 3.97. The number of nitrogens with one attached hydrogen (secondary N) is 1. The predicted molar refractivity (Wildman–Crippen MR) is 64.0 cm³/mol. The summed E-state index contributed by atoms with van der Waals surface area (Å²) in [5.41, 5.74) is 0. The summed E-state index contributed by atoms with van der Waals surface area (Å²) in [6.07, 6.45) is 5.94. The van der Waals surface area contributed by atoms with Gasteiger partial charge in [-0.2, -0.15) is 11.8 Å². The molecule has 1 aliphatic heterocycles. The third-order valence-corrected chi connectivity index (χ3v) is 3.47. The molecule has 2 nitrogen and oxygen atoms in total. The summed E-state index contributed by atoms with van der Waals surface area (Å²) < 4.78 is 5.45. The lowest BCUT2D eigenvalue weighted by atomic mass is 9.97. The van der Waals surface area contributed by atoms with Crippen LogP contribution in [0.25, 0.3) is 0 Å². The normalized spacial score (nSPS) is 24.0. The van der Waals surface area contributed by atoms with E-state index in [1.807, 2.05) is 11.8 Å². The molecule has 1 aliphatic rings. The van der Waals surface area contributed by atoms with Gasteiger partial charge in [-0.25, -0.2) is 0 Å². The molecule has 0 radical (unpaired) electrons. The molecule has 0 aromatic rings. The molecule has 2 atom stereocenters. The van der Waals surface area contributed by atoms with Gasteiger partial charge in [0.25, 0.3) is 0 Å². The molecule has 1 fully saturated rings. The second-order valence-corrected chi connectivity index (χ2v) is 4.95. The molecule has 0 aliphatic carbocycles. The molecule has 0 aromatic carbocycles. The minimum atomic E-state index is 0.685. The number of thioether (sulfide) groups is 1. The number of hydrogen-bond acceptors (Lipinski definition) is 3. The van der Waals surface area contributed by atoms with E-state index in [9.17, 15) is 0 Å². The minimum Gasteiger partial charge on any atom is -0.381 e. The summed E-state index contributed by atoms with van der Waals surface area (Å²) in [4.78, 5) is 0. The topological polar surface area (TPSA) is 21.3 Å². The standard InChI is InChI=1S/C11H23NOS/c1-3-6-12-11(5-8-14-2)10-4-7-13-9-10/h10-12H,3-9H2,1-2H3. The smallest absolute Gasteiger partial charge is 0.0510 e. The Morgan fingerprint density at radius 3 is 3.00 bits per heavy atom.